The lowest BCUT2D eigenvalue weighted by atomic mass is 10.1. The number of thiocarbonyl (C=S) groups is 1. The van der Waals surface area contributed by atoms with E-state index >= 15 is 0 Å². The van der Waals surface area contributed by atoms with Crippen molar-refractivity contribution in [3.8, 4) is 0 Å². The van der Waals surface area contributed by atoms with E-state index < -0.39 is 17.3 Å². The van der Waals surface area contributed by atoms with Crippen LogP contribution in [0.15, 0.2) is 47.4 Å². The van der Waals surface area contributed by atoms with Crippen molar-refractivity contribution in [2.24, 2.45) is 0 Å². The van der Waals surface area contributed by atoms with Crippen LogP contribution in [-0.4, -0.2) is 33.9 Å². The summed E-state index contributed by atoms with van der Waals surface area (Å²) >= 11 is 4.64. The van der Waals surface area contributed by atoms with Crippen molar-refractivity contribution in [2.45, 2.75) is 10.4 Å². The van der Waals surface area contributed by atoms with Crippen molar-refractivity contribution in [1.82, 2.24) is 10.2 Å². The van der Waals surface area contributed by atoms with Crippen LogP contribution in [0.4, 0.5) is 13.2 Å². The Morgan fingerprint density at radius 2 is 2.04 bits per heavy atom. The summed E-state index contributed by atoms with van der Waals surface area (Å²) in [7, 11) is 0. The van der Waals surface area contributed by atoms with Crippen LogP contribution in [0.1, 0.15) is 5.56 Å². The van der Waals surface area contributed by atoms with Crippen molar-refractivity contribution in [3.05, 3.63) is 48.1 Å². The van der Waals surface area contributed by atoms with Gasteiger partial charge >= 0.3 is 5.51 Å². The van der Waals surface area contributed by atoms with Gasteiger partial charge in [0, 0.05) is 11.4 Å². The van der Waals surface area contributed by atoms with Crippen molar-refractivity contribution in [1.29, 1.82) is 0 Å². The third kappa shape index (κ3) is 4.45. The van der Waals surface area contributed by atoms with Crippen molar-refractivity contribution in [2.75, 3.05) is 6.54 Å². The first-order valence-corrected chi connectivity index (χ1v) is 7.79. The average molecular weight is 372 g/mol. The predicted octanol–water partition coefficient (Wildman–Crippen LogP) is 3.11. The summed E-state index contributed by atoms with van der Waals surface area (Å²) < 4.78 is 37.3. The minimum Gasteiger partial charge on any atom is -0.298 e. The van der Waals surface area contributed by atoms with Gasteiger partial charge in [0.05, 0.1) is 0 Å². The van der Waals surface area contributed by atoms with Gasteiger partial charge in [-0.3, -0.25) is 19.8 Å². The molecule has 1 aliphatic rings. The molecule has 1 saturated heterocycles. The van der Waals surface area contributed by atoms with E-state index in [9.17, 15) is 22.8 Å². The molecule has 0 unspecified atom stereocenters. The number of halogens is 3. The lowest BCUT2D eigenvalue weighted by molar-refractivity contribution is -0.128. The fraction of sp³-hybridized carbons (Fsp3) is 0.133. The summed E-state index contributed by atoms with van der Waals surface area (Å²) in [6.45, 7) is 3.61. The van der Waals surface area contributed by atoms with Crippen molar-refractivity contribution >= 4 is 47.0 Å². The Labute approximate surface area is 145 Å². The summed E-state index contributed by atoms with van der Waals surface area (Å²) in [5, 5.41) is 2.33. The number of benzene rings is 1. The van der Waals surface area contributed by atoms with Gasteiger partial charge in [-0.15, -0.1) is 6.58 Å². The largest absolute Gasteiger partial charge is 0.446 e. The average Bonchev–Trinajstić information content (AvgIpc) is 2.46. The first kappa shape index (κ1) is 18.2. The zero-order valence-corrected chi connectivity index (χ0v) is 13.7. The van der Waals surface area contributed by atoms with E-state index in [1.165, 1.54) is 36.4 Å². The van der Waals surface area contributed by atoms with E-state index in [2.05, 4.69) is 11.9 Å². The topological polar surface area (TPSA) is 49.4 Å². The molecule has 1 fully saturated rings. The van der Waals surface area contributed by atoms with Crippen LogP contribution in [0.25, 0.3) is 6.08 Å². The van der Waals surface area contributed by atoms with Gasteiger partial charge in [0.25, 0.3) is 11.8 Å². The van der Waals surface area contributed by atoms with Gasteiger partial charge < -0.3 is 0 Å². The fourth-order valence-electron chi connectivity index (χ4n) is 1.96. The summed E-state index contributed by atoms with van der Waals surface area (Å²) in [6, 6.07) is 5.45. The normalized spacial score (nSPS) is 17.2. The standard InChI is InChI=1S/C15H11F3N2O2S2/c1-2-6-20-13(22)11(12(21)19-14(20)23)8-9-4-3-5-10(7-9)24-15(16,17)18/h2-5,7-8H,1,6H2,(H,19,21,23)/b11-8+. The summed E-state index contributed by atoms with van der Waals surface area (Å²) in [5.41, 5.74) is -4.33. The number of carbonyl (C=O) groups excluding carboxylic acids is 2. The van der Waals surface area contributed by atoms with Gasteiger partial charge in [0.1, 0.15) is 5.57 Å². The lowest BCUT2D eigenvalue weighted by Crippen LogP contribution is -2.53. The first-order chi connectivity index (χ1) is 11.2. The third-order valence-electron chi connectivity index (χ3n) is 2.90. The number of amides is 2. The number of hydrogen-bond acceptors (Lipinski definition) is 4. The maximum absolute atomic E-state index is 12.4. The molecule has 1 aromatic carbocycles. The van der Waals surface area contributed by atoms with Crippen LogP contribution < -0.4 is 5.32 Å². The van der Waals surface area contributed by atoms with Crippen LogP contribution in [0.5, 0.6) is 0 Å². The molecular formula is C15H11F3N2O2S2. The molecule has 1 aromatic rings. The quantitative estimate of drug-likeness (QED) is 0.290. The second-order valence-electron chi connectivity index (χ2n) is 4.64. The molecular weight excluding hydrogens is 361 g/mol. The molecule has 1 heterocycles. The molecule has 0 aliphatic carbocycles. The number of nitrogens with one attached hydrogen (secondary N) is 1. The minimum absolute atomic E-state index is 0.0385. The summed E-state index contributed by atoms with van der Waals surface area (Å²) in [5.74, 6) is -1.32. The Bertz CT molecular complexity index is 744. The van der Waals surface area contributed by atoms with Crippen molar-refractivity contribution < 1.29 is 22.8 Å². The molecule has 0 aromatic heterocycles. The predicted molar refractivity (Wildman–Crippen MR) is 89.0 cm³/mol. The summed E-state index contributed by atoms with van der Waals surface area (Å²) in [4.78, 5) is 25.4. The van der Waals surface area contributed by atoms with Crippen LogP contribution in [0, 0.1) is 0 Å². The van der Waals surface area contributed by atoms with Crippen LogP contribution in [-0.2, 0) is 9.59 Å². The maximum atomic E-state index is 12.4. The highest BCUT2D eigenvalue weighted by molar-refractivity contribution is 8.00. The molecule has 0 radical (unpaired) electrons. The number of carbonyl (C=O) groups is 2. The van der Waals surface area contributed by atoms with Crippen LogP contribution in [0.3, 0.4) is 0 Å². The number of hydrogen-bond donors (Lipinski definition) is 1. The molecule has 0 atom stereocenters. The Balaban J connectivity index is 2.33. The molecule has 0 saturated carbocycles. The second-order valence-corrected chi connectivity index (χ2v) is 6.17. The molecule has 1 aliphatic heterocycles. The molecule has 0 bridgehead atoms. The Hall–Kier alpha value is -2.13. The van der Waals surface area contributed by atoms with Crippen molar-refractivity contribution in [3.63, 3.8) is 0 Å². The zero-order chi connectivity index (χ0) is 17.9. The Morgan fingerprint density at radius 1 is 1.33 bits per heavy atom. The third-order valence-corrected chi connectivity index (χ3v) is 3.94. The minimum atomic E-state index is -4.42. The monoisotopic (exact) mass is 372 g/mol. The van der Waals surface area contributed by atoms with E-state index in [0.29, 0.717) is 5.56 Å². The highest BCUT2D eigenvalue weighted by atomic mass is 32.2. The van der Waals surface area contributed by atoms with Gasteiger partial charge in [-0.2, -0.15) is 13.2 Å². The number of thioether (sulfide) groups is 1. The molecule has 4 nitrogen and oxygen atoms in total. The molecule has 0 spiro atoms. The molecule has 9 heteroatoms. The van der Waals surface area contributed by atoms with Crippen LogP contribution in [0.2, 0.25) is 0 Å². The zero-order valence-electron chi connectivity index (χ0n) is 12.1. The van der Waals surface area contributed by atoms with Gasteiger partial charge in [0.15, 0.2) is 5.11 Å². The molecule has 126 valence electrons. The van der Waals surface area contributed by atoms with E-state index in [-0.39, 0.29) is 33.9 Å². The fourth-order valence-corrected chi connectivity index (χ4v) is 2.82. The van der Waals surface area contributed by atoms with Gasteiger partial charge in [-0.25, -0.2) is 0 Å². The van der Waals surface area contributed by atoms with E-state index in [1.54, 1.807) is 0 Å². The van der Waals surface area contributed by atoms with Gasteiger partial charge in [0.2, 0.25) is 0 Å². The smallest absolute Gasteiger partial charge is 0.298 e. The van der Waals surface area contributed by atoms with E-state index in [4.69, 9.17) is 12.2 Å². The molecule has 1 N–H and O–H groups in total. The maximum Gasteiger partial charge on any atom is 0.446 e. The number of nitrogens with zero attached hydrogens (tertiary/aromatic N) is 1. The SMILES string of the molecule is C=CCN1C(=O)/C(=C/c2cccc(SC(F)(F)F)c2)C(=O)NC1=S. The van der Waals surface area contributed by atoms with Gasteiger partial charge in [-0.05, 0) is 47.8 Å². The Kier molecular flexibility index (Phi) is 5.45. The highest BCUT2D eigenvalue weighted by Crippen LogP contribution is 2.37. The molecule has 24 heavy (non-hydrogen) atoms. The highest BCUT2D eigenvalue weighted by Gasteiger charge is 2.33. The summed E-state index contributed by atoms with van der Waals surface area (Å²) in [6.07, 6.45) is 2.68. The molecule has 2 amide bonds. The number of alkyl halides is 3. The second kappa shape index (κ2) is 7.18. The van der Waals surface area contributed by atoms with E-state index in [0.717, 1.165) is 4.90 Å². The lowest BCUT2D eigenvalue weighted by Gasteiger charge is -2.27. The first-order valence-electron chi connectivity index (χ1n) is 6.57. The van der Waals surface area contributed by atoms with Crippen LogP contribution >= 0.6 is 24.0 Å². The van der Waals surface area contributed by atoms with E-state index in [1.807, 2.05) is 0 Å². The molecule has 2 rings (SSSR count). The Morgan fingerprint density at radius 3 is 2.67 bits per heavy atom. The van der Waals surface area contributed by atoms with Gasteiger partial charge in [-0.1, -0.05) is 18.2 Å². The number of rotatable bonds is 4.